The molecule has 0 spiro atoms. The van der Waals surface area contributed by atoms with Crippen molar-refractivity contribution in [1.29, 1.82) is 0 Å². The van der Waals surface area contributed by atoms with E-state index in [1.165, 1.54) is 17.1 Å². The van der Waals surface area contributed by atoms with Crippen LogP contribution in [0.3, 0.4) is 0 Å². The monoisotopic (exact) mass is 200 g/mol. The molecule has 3 nitrogen and oxygen atoms in total. The zero-order valence-corrected chi connectivity index (χ0v) is 8.53. The maximum atomic E-state index is 3.36. The van der Waals surface area contributed by atoms with E-state index >= 15 is 0 Å². The fourth-order valence-corrected chi connectivity index (χ4v) is 2.10. The quantitative estimate of drug-likeness (QED) is 0.663. The highest BCUT2D eigenvalue weighted by Crippen LogP contribution is 2.14. The lowest BCUT2D eigenvalue weighted by atomic mass is 10.2. The van der Waals surface area contributed by atoms with Gasteiger partial charge in [0.15, 0.2) is 5.69 Å². The molecule has 0 aliphatic carbocycles. The highest BCUT2D eigenvalue weighted by Gasteiger charge is 2.21. The van der Waals surface area contributed by atoms with Crippen LogP contribution in [-0.4, -0.2) is 11.5 Å². The molecule has 2 N–H and O–H groups in total. The van der Waals surface area contributed by atoms with Crippen LogP contribution < -0.4 is 9.88 Å². The lowest BCUT2D eigenvalue weighted by Gasteiger charge is -2.11. The first kappa shape index (κ1) is 8.68. The Bertz CT molecular complexity index is 459. The summed E-state index contributed by atoms with van der Waals surface area (Å²) in [6.07, 6.45) is 2.09. The van der Waals surface area contributed by atoms with Gasteiger partial charge in [0.1, 0.15) is 12.7 Å². The minimum Gasteiger partial charge on any atom is -0.305 e. The summed E-state index contributed by atoms with van der Waals surface area (Å²) < 4.78 is 2.35. The third kappa shape index (κ3) is 1.45. The Morgan fingerprint density at radius 2 is 2.00 bits per heavy atom. The van der Waals surface area contributed by atoms with Crippen molar-refractivity contribution >= 4 is 0 Å². The molecule has 1 aromatic heterocycles. The van der Waals surface area contributed by atoms with Crippen LogP contribution in [-0.2, 0) is 13.1 Å². The van der Waals surface area contributed by atoms with E-state index in [1.807, 2.05) is 6.07 Å². The molecule has 0 amide bonds. The largest absolute Gasteiger partial charge is 0.305 e. The maximum Gasteiger partial charge on any atom is 0.286 e. The number of aromatic nitrogens is 2. The van der Waals surface area contributed by atoms with Gasteiger partial charge in [0.2, 0.25) is 0 Å². The van der Waals surface area contributed by atoms with E-state index in [0.29, 0.717) is 0 Å². The summed E-state index contributed by atoms with van der Waals surface area (Å²) in [4.78, 5) is 3.36. The molecule has 0 saturated carbocycles. The van der Waals surface area contributed by atoms with E-state index < -0.39 is 0 Å². The van der Waals surface area contributed by atoms with Gasteiger partial charge in [-0.1, -0.05) is 18.2 Å². The highest BCUT2D eigenvalue weighted by molar-refractivity contribution is 5.51. The molecule has 2 heterocycles. The van der Waals surface area contributed by atoms with E-state index in [9.17, 15) is 0 Å². The average Bonchev–Trinajstić information content (AvgIpc) is 2.74. The van der Waals surface area contributed by atoms with Crippen LogP contribution in [0.1, 0.15) is 5.69 Å². The number of nitrogens with zero attached hydrogens (tertiary/aromatic N) is 1. The van der Waals surface area contributed by atoms with Gasteiger partial charge in [0.25, 0.3) is 5.82 Å². The molecular weight excluding hydrogens is 186 g/mol. The molecule has 15 heavy (non-hydrogen) atoms. The number of aromatic amines is 1. The Balaban J connectivity index is 2.09. The SMILES string of the molecule is c1ccc(-c2[nH]cc3[n+]2CCNC3)cc1. The van der Waals surface area contributed by atoms with Crippen molar-refractivity contribution in [3.8, 4) is 11.4 Å². The Morgan fingerprint density at radius 3 is 2.87 bits per heavy atom. The molecule has 0 saturated heterocycles. The fraction of sp³-hybridized carbons (Fsp3) is 0.250. The molecular formula is C12H14N3+. The van der Waals surface area contributed by atoms with Gasteiger partial charge in [-0.25, -0.2) is 9.55 Å². The second-order valence-corrected chi connectivity index (χ2v) is 3.82. The summed E-state index contributed by atoms with van der Waals surface area (Å²) in [5.74, 6) is 1.21. The summed E-state index contributed by atoms with van der Waals surface area (Å²) in [5, 5.41) is 3.36. The van der Waals surface area contributed by atoms with Crippen LogP contribution in [0.25, 0.3) is 11.4 Å². The van der Waals surface area contributed by atoms with Gasteiger partial charge >= 0.3 is 0 Å². The molecule has 76 valence electrons. The molecule has 2 aromatic rings. The third-order valence-corrected chi connectivity index (χ3v) is 2.86. The topological polar surface area (TPSA) is 31.7 Å². The van der Waals surface area contributed by atoms with Crippen LogP contribution in [0.15, 0.2) is 36.5 Å². The third-order valence-electron chi connectivity index (χ3n) is 2.86. The number of fused-ring (bicyclic) bond motifs is 1. The molecule has 3 heteroatoms. The molecule has 1 aliphatic heterocycles. The zero-order chi connectivity index (χ0) is 10.1. The van der Waals surface area contributed by atoms with Gasteiger partial charge in [0, 0.05) is 6.54 Å². The van der Waals surface area contributed by atoms with Crippen molar-refractivity contribution in [3.63, 3.8) is 0 Å². The number of hydrogen-bond acceptors (Lipinski definition) is 1. The number of rotatable bonds is 1. The lowest BCUT2D eigenvalue weighted by molar-refractivity contribution is -0.695. The molecule has 0 atom stereocenters. The number of nitrogens with one attached hydrogen (secondary N) is 2. The molecule has 0 radical (unpaired) electrons. The van der Waals surface area contributed by atoms with E-state index in [-0.39, 0.29) is 0 Å². The minimum atomic E-state index is 0.962. The molecule has 1 aromatic carbocycles. The smallest absolute Gasteiger partial charge is 0.286 e. The average molecular weight is 200 g/mol. The van der Waals surface area contributed by atoms with E-state index in [1.54, 1.807) is 0 Å². The highest BCUT2D eigenvalue weighted by atomic mass is 15.1. The van der Waals surface area contributed by atoms with Crippen LogP contribution in [0.5, 0.6) is 0 Å². The summed E-state index contributed by atoms with van der Waals surface area (Å²) in [7, 11) is 0. The van der Waals surface area contributed by atoms with Gasteiger partial charge in [-0.3, -0.25) is 0 Å². The summed E-state index contributed by atoms with van der Waals surface area (Å²) in [5.41, 5.74) is 2.59. The van der Waals surface area contributed by atoms with Crippen LogP contribution in [0.2, 0.25) is 0 Å². The van der Waals surface area contributed by atoms with Crippen molar-refractivity contribution in [2.75, 3.05) is 6.54 Å². The van der Waals surface area contributed by atoms with Crippen molar-refractivity contribution < 1.29 is 4.57 Å². The number of imidazole rings is 1. The normalized spacial score (nSPS) is 14.9. The van der Waals surface area contributed by atoms with Crippen molar-refractivity contribution in [2.24, 2.45) is 0 Å². The van der Waals surface area contributed by atoms with Crippen LogP contribution in [0, 0.1) is 0 Å². The van der Waals surface area contributed by atoms with Gasteiger partial charge in [-0.05, 0) is 12.1 Å². The maximum absolute atomic E-state index is 3.36. The van der Waals surface area contributed by atoms with Gasteiger partial charge in [0.05, 0.1) is 12.1 Å². The van der Waals surface area contributed by atoms with Crippen molar-refractivity contribution in [1.82, 2.24) is 10.3 Å². The lowest BCUT2D eigenvalue weighted by Crippen LogP contribution is -2.48. The number of benzene rings is 1. The predicted molar refractivity (Wildman–Crippen MR) is 58.1 cm³/mol. The Hall–Kier alpha value is -1.61. The fourth-order valence-electron chi connectivity index (χ4n) is 2.10. The van der Waals surface area contributed by atoms with Crippen LogP contribution >= 0.6 is 0 Å². The first-order chi connectivity index (χ1) is 7.45. The number of H-pyrrole nitrogens is 1. The molecule has 0 fully saturated rings. The van der Waals surface area contributed by atoms with E-state index in [2.05, 4.69) is 45.3 Å². The second kappa shape index (κ2) is 3.51. The molecule has 3 rings (SSSR count). The van der Waals surface area contributed by atoms with Crippen molar-refractivity contribution in [3.05, 3.63) is 42.2 Å². The minimum absolute atomic E-state index is 0.962. The molecule has 0 unspecified atom stereocenters. The van der Waals surface area contributed by atoms with Crippen LogP contribution in [0.4, 0.5) is 0 Å². The summed E-state index contributed by atoms with van der Waals surface area (Å²) >= 11 is 0. The van der Waals surface area contributed by atoms with Crippen molar-refractivity contribution in [2.45, 2.75) is 13.1 Å². The molecule has 1 aliphatic rings. The number of hydrogen-bond donors (Lipinski definition) is 2. The molecule has 0 bridgehead atoms. The van der Waals surface area contributed by atoms with E-state index in [0.717, 1.165) is 19.6 Å². The second-order valence-electron chi connectivity index (χ2n) is 3.82. The Kier molecular flexibility index (Phi) is 2.03. The zero-order valence-electron chi connectivity index (χ0n) is 8.53. The van der Waals surface area contributed by atoms with Gasteiger partial charge in [-0.15, -0.1) is 0 Å². The summed E-state index contributed by atoms with van der Waals surface area (Å²) in [6, 6.07) is 10.5. The standard InChI is InChI=1S/C12H13N3/c1-2-4-10(5-3-1)12-14-9-11-8-13-6-7-15(11)12/h1-5,9,13H,6-8H2/p+1. The van der Waals surface area contributed by atoms with E-state index in [4.69, 9.17) is 0 Å². The Morgan fingerprint density at radius 1 is 1.13 bits per heavy atom. The van der Waals surface area contributed by atoms with Gasteiger partial charge < -0.3 is 5.32 Å². The first-order valence-corrected chi connectivity index (χ1v) is 5.31. The predicted octanol–water partition coefficient (Wildman–Crippen LogP) is 1.07. The summed E-state index contributed by atoms with van der Waals surface area (Å²) in [6.45, 7) is 3.06. The first-order valence-electron chi connectivity index (χ1n) is 5.31. The Labute approximate surface area is 88.8 Å². The van der Waals surface area contributed by atoms with Gasteiger partial charge in [-0.2, -0.15) is 0 Å².